The molecule has 16 heavy (non-hydrogen) atoms. The highest BCUT2D eigenvalue weighted by Gasteiger charge is 2.39. The van der Waals surface area contributed by atoms with Gasteiger partial charge in [0.2, 0.25) is 0 Å². The molecule has 1 saturated heterocycles. The Morgan fingerprint density at radius 2 is 2.06 bits per heavy atom. The first-order chi connectivity index (χ1) is 7.63. The van der Waals surface area contributed by atoms with Crippen LogP contribution in [0.25, 0.3) is 0 Å². The number of alkyl halides is 1. The van der Waals surface area contributed by atoms with Crippen molar-refractivity contribution in [2.45, 2.75) is 24.9 Å². The van der Waals surface area contributed by atoms with Crippen molar-refractivity contribution in [2.75, 3.05) is 4.43 Å². The van der Waals surface area contributed by atoms with Crippen LogP contribution < -0.4 is 0 Å². The van der Waals surface area contributed by atoms with E-state index in [1.54, 1.807) is 12.1 Å². The highest BCUT2D eigenvalue weighted by molar-refractivity contribution is 14.1. The first-order valence-corrected chi connectivity index (χ1v) is 6.68. The Balaban J connectivity index is 2.13. The second-order valence-corrected chi connectivity index (χ2v) is 4.86. The molecule has 0 N–H and O–H groups in total. The minimum Gasteiger partial charge on any atom is -0.458 e. The second-order valence-electron chi connectivity index (χ2n) is 4.09. The van der Waals surface area contributed by atoms with Gasteiger partial charge < -0.3 is 4.74 Å². The first-order valence-electron chi connectivity index (χ1n) is 5.16. The summed E-state index contributed by atoms with van der Waals surface area (Å²) in [5.74, 6) is -0.366. The maximum Gasteiger partial charge on any atom is 0.306 e. The lowest BCUT2D eigenvalue weighted by Crippen LogP contribution is -2.33. The molecule has 0 spiro atoms. The number of cyclic esters (lactones) is 1. The van der Waals surface area contributed by atoms with Gasteiger partial charge in [-0.1, -0.05) is 34.7 Å². The van der Waals surface area contributed by atoms with Crippen molar-refractivity contribution in [3.8, 4) is 0 Å². The summed E-state index contributed by atoms with van der Waals surface area (Å²) in [5, 5.41) is 0. The predicted octanol–water partition coefficient (Wildman–Crippen LogP) is 2.88. The van der Waals surface area contributed by atoms with Gasteiger partial charge in [0, 0.05) is 17.3 Å². The fourth-order valence-corrected chi connectivity index (χ4v) is 2.72. The third kappa shape index (κ3) is 2.53. The summed E-state index contributed by atoms with van der Waals surface area (Å²) in [6.45, 7) is 0. The molecule has 0 saturated carbocycles. The molecule has 86 valence electrons. The molecule has 0 radical (unpaired) electrons. The standard InChI is InChI=1S/C12H12FIO2/c13-10-3-1-9(2-4-10)7-12(8-14)6-5-11(15)16-12/h1-4H,5-8H2/t12-/m1/s1. The largest absolute Gasteiger partial charge is 0.458 e. The van der Waals surface area contributed by atoms with Gasteiger partial charge in [-0.15, -0.1) is 0 Å². The molecular weight excluding hydrogens is 322 g/mol. The van der Waals surface area contributed by atoms with Gasteiger partial charge in [0.05, 0.1) is 0 Å². The van der Waals surface area contributed by atoms with E-state index in [1.807, 2.05) is 0 Å². The van der Waals surface area contributed by atoms with E-state index in [0.29, 0.717) is 12.8 Å². The van der Waals surface area contributed by atoms with Crippen LogP contribution in [0.1, 0.15) is 18.4 Å². The summed E-state index contributed by atoms with van der Waals surface area (Å²) in [5.41, 5.74) is 0.628. The molecular formula is C12H12FIO2. The van der Waals surface area contributed by atoms with Gasteiger partial charge in [0.1, 0.15) is 11.4 Å². The average molecular weight is 334 g/mol. The highest BCUT2D eigenvalue weighted by atomic mass is 127. The molecule has 1 aromatic rings. The topological polar surface area (TPSA) is 26.3 Å². The number of ether oxygens (including phenoxy) is 1. The molecule has 0 aromatic heterocycles. The minimum atomic E-state index is -0.379. The summed E-state index contributed by atoms with van der Waals surface area (Å²) in [4.78, 5) is 11.2. The fraction of sp³-hybridized carbons (Fsp3) is 0.417. The number of halogens is 2. The second kappa shape index (κ2) is 4.69. The SMILES string of the molecule is O=C1CC[C@](CI)(Cc2ccc(F)cc2)O1. The van der Waals surface area contributed by atoms with Crippen molar-refractivity contribution in [3.05, 3.63) is 35.6 Å². The normalized spacial score (nSPS) is 24.5. The van der Waals surface area contributed by atoms with Crippen molar-refractivity contribution in [2.24, 2.45) is 0 Å². The molecule has 0 aliphatic carbocycles. The van der Waals surface area contributed by atoms with E-state index in [9.17, 15) is 9.18 Å². The summed E-state index contributed by atoms with van der Waals surface area (Å²) in [6.07, 6.45) is 1.91. The number of benzene rings is 1. The van der Waals surface area contributed by atoms with E-state index < -0.39 is 0 Å². The van der Waals surface area contributed by atoms with Gasteiger partial charge in [0.25, 0.3) is 0 Å². The molecule has 0 amide bonds. The Morgan fingerprint density at radius 1 is 1.38 bits per heavy atom. The summed E-state index contributed by atoms with van der Waals surface area (Å²) < 4.78 is 18.9. The van der Waals surface area contributed by atoms with Crippen molar-refractivity contribution in [3.63, 3.8) is 0 Å². The molecule has 2 rings (SSSR count). The van der Waals surface area contributed by atoms with E-state index in [4.69, 9.17) is 4.74 Å². The van der Waals surface area contributed by atoms with Crippen molar-refractivity contribution < 1.29 is 13.9 Å². The summed E-state index contributed by atoms with van der Waals surface area (Å²) in [6, 6.07) is 6.37. The minimum absolute atomic E-state index is 0.126. The average Bonchev–Trinajstić information content (AvgIpc) is 2.64. The van der Waals surface area contributed by atoms with Gasteiger partial charge in [-0.3, -0.25) is 4.79 Å². The summed E-state index contributed by atoms with van der Waals surface area (Å²) in [7, 11) is 0. The van der Waals surface area contributed by atoms with Gasteiger partial charge in [-0.25, -0.2) is 4.39 Å². The van der Waals surface area contributed by atoms with Gasteiger partial charge in [-0.2, -0.15) is 0 Å². The Kier molecular flexibility index (Phi) is 3.47. The molecule has 1 fully saturated rings. The van der Waals surface area contributed by atoms with Crippen molar-refractivity contribution >= 4 is 28.6 Å². The number of esters is 1. The van der Waals surface area contributed by atoms with E-state index in [1.165, 1.54) is 12.1 Å². The lowest BCUT2D eigenvalue weighted by atomic mass is 9.94. The molecule has 4 heteroatoms. The molecule has 0 bridgehead atoms. The van der Waals surface area contributed by atoms with Gasteiger partial charge >= 0.3 is 5.97 Å². The zero-order valence-corrected chi connectivity index (χ0v) is 10.9. The van der Waals surface area contributed by atoms with Crippen LogP contribution >= 0.6 is 22.6 Å². The van der Waals surface area contributed by atoms with Crippen molar-refractivity contribution in [1.82, 2.24) is 0 Å². The predicted molar refractivity (Wildman–Crippen MR) is 67.0 cm³/mol. The monoisotopic (exact) mass is 334 g/mol. The number of hydrogen-bond donors (Lipinski definition) is 0. The molecule has 1 aromatic carbocycles. The Bertz CT molecular complexity index is 391. The molecule has 0 unspecified atom stereocenters. The molecule has 1 heterocycles. The Hall–Kier alpha value is -0.650. The van der Waals surface area contributed by atoms with E-state index in [0.717, 1.165) is 16.4 Å². The molecule has 2 nitrogen and oxygen atoms in total. The Labute approximate surface area is 107 Å². The lowest BCUT2D eigenvalue weighted by Gasteiger charge is -2.25. The smallest absolute Gasteiger partial charge is 0.306 e. The zero-order chi connectivity index (χ0) is 11.6. The number of carbonyl (C=O) groups is 1. The van der Waals surface area contributed by atoms with E-state index in [2.05, 4.69) is 22.6 Å². The highest BCUT2D eigenvalue weighted by Crippen LogP contribution is 2.32. The van der Waals surface area contributed by atoms with Crippen LogP contribution in [0.5, 0.6) is 0 Å². The van der Waals surface area contributed by atoms with Crippen LogP contribution in [-0.2, 0) is 16.0 Å². The lowest BCUT2D eigenvalue weighted by molar-refractivity contribution is -0.146. The van der Waals surface area contributed by atoms with Crippen LogP contribution in [-0.4, -0.2) is 16.0 Å². The first kappa shape index (κ1) is 11.8. The Morgan fingerprint density at radius 3 is 2.56 bits per heavy atom. The quantitative estimate of drug-likeness (QED) is 0.483. The maximum absolute atomic E-state index is 12.8. The van der Waals surface area contributed by atoms with Crippen LogP contribution in [0.2, 0.25) is 0 Å². The van der Waals surface area contributed by atoms with Gasteiger partial charge in [-0.05, 0) is 24.1 Å². The van der Waals surface area contributed by atoms with Crippen LogP contribution in [0, 0.1) is 5.82 Å². The van der Waals surface area contributed by atoms with E-state index in [-0.39, 0.29) is 17.4 Å². The van der Waals surface area contributed by atoms with E-state index >= 15 is 0 Å². The fourth-order valence-electron chi connectivity index (χ4n) is 1.91. The molecule has 1 atom stereocenters. The molecule has 1 aliphatic heterocycles. The van der Waals surface area contributed by atoms with Crippen LogP contribution in [0.4, 0.5) is 4.39 Å². The third-order valence-corrected chi connectivity index (χ3v) is 4.19. The number of carbonyl (C=O) groups excluding carboxylic acids is 1. The maximum atomic E-state index is 12.8. The summed E-state index contributed by atoms with van der Waals surface area (Å²) >= 11 is 2.23. The van der Waals surface area contributed by atoms with Crippen LogP contribution in [0.3, 0.4) is 0 Å². The van der Waals surface area contributed by atoms with Gasteiger partial charge in [0.15, 0.2) is 0 Å². The number of rotatable bonds is 3. The third-order valence-electron chi connectivity index (χ3n) is 2.80. The van der Waals surface area contributed by atoms with Crippen molar-refractivity contribution in [1.29, 1.82) is 0 Å². The zero-order valence-electron chi connectivity index (χ0n) is 8.71. The number of hydrogen-bond acceptors (Lipinski definition) is 2. The van der Waals surface area contributed by atoms with Crippen LogP contribution in [0.15, 0.2) is 24.3 Å². The molecule has 1 aliphatic rings.